The maximum atomic E-state index is 14.1. The van der Waals surface area contributed by atoms with Crippen LogP contribution < -0.4 is 0 Å². The maximum Gasteiger partial charge on any atom is 0.338 e. The monoisotopic (exact) mass is 1020 g/mol. The number of hydrogen-bond donors (Lipinski definition) is 0. The van der Waals surface area contributed by atoms with Crippen molar-refractivity contribution in [2.45, 2.75) is 181 Å². The fourth-order valence-electron chi connectivity index (χ4n) is 8.34. The summed E-state index contributed by atoms with van der Waals surface area (Å²) < 4.78 is 77.7. The highest BCUT2D eigenvalue weighted by Crippen LogP contribution is 2.38. The molecule has 3 fully saturated rings. The predicted molar refractivity (Wildman–Crippen MR) is 239 cm³/mol. The Morgan fingerprint density at radius 1 is 0.542 bits per heavy atom. The molecule has 0 bridgehead atoms. The molecule has 400 valence electrons. The summed E-state index contributed by atoms with van der Waals surface area (Å²) in [4.78, 5) is 130. The van der Waals surface area contributed by atoms with Crippen molar-refractivity contribution in [2.24, 2.45) is 0 Å². The van der Waals surface area contributed by atoms with E-state index in [9.17, 15) is 47.9 Å². The summed E-state index contributed by atoms with van der Waals surface area (Å²) in [5.41, 5.74) is -0.00859. The summed E-state index contributed by atoms with van der Waals surface area (Å²) in [5, 5.41) is 0. The molecule has 3 saturated heterocycles. The molecule has 24 nitrogen and oxygen atoms in total. The van der Waals surface area contributed by atoms with E-state index in [4.69, 9.17) is 61.6 Å². The fourth-order valence-corrected chi connectivity index (χ4v) is 8.34. The Morgan fingerprint density at radius 3 is 1.62 bits per heavy atom. The lowest BCUT2D eigenvalue weighted by Gasteiger charge is -2.52. The molecule has 0 N–H and O–H groups in total. The van der Waals surface area contributed by atoms with Crippen molar-refractivity contribution in [3.05, 3.63) is 35.9 Å². The summed E-state index contributed by atoms with van der Waals surface area (Å²) in [5.74, 6) is -8.27. The number of likely N-dealkylation sites (tertiary alicyclic amines) is 1. The van der Waals surface area contributed by atoms with Crippen LogP contribution in [-0.2, 0) is 105 Å². The Kier molecular flexibility index (Phi) is 22.5. The van der Waals surface area contributed by atoms with Gasteiger partial charge in [0.25, 0.3) is 0 Å². The highest BCUT2D eigenvalue weighted by Gasteiger charge is 2.59. The molecule has 3 heterocycles. The van der Waals surface area contributed by atoms with E-state index in [-0.39, 0.29) is 30.9 Å². The van der Waals surface area contributed by atoms with Crippen molar-refractivity contribution in [2.75, 3.05) is 26.3 Å². The Balaban J connectivity index is 2.02. The van der Waals surface area contributed by atoms with Gasteiger partial charge in [-0.3, -0.25) is 43.3 Å². The van der Waals surface area contributed by atoms with Crippen LogP contribution >= 0.6 is 0 Å². The number of esters is 9. The van der Waals surface area contributed by atoms with Crippen molar-refractivity contribution in [3.63, 3.8) is 0 Å². The predicted octanol–water partition coefficient (Wildman–Crippen LogP) is 2.00. The van der Waals surface area contributed by atoms with Gasteiger partial charge in [0.1, 0.15) is 43.4 Å². The lowest BCUT2D eigenvalue weighted by Crippen LogP contribution is -2.70. The van der Waals surface area contributed by atoms with Gasteiger partial charge in [-0.15, -0.1) is 0 Å². The third kappa shape index (κ3) is 17.3. The number of carbonyl (C=O) groups excluding carboxylic acids is 10. The molecule has 0 amide bonds. The standard InChI is InChI=1S/C48H65NO23/c1-11-12-20-49-21-35(63-28(6)53)40(72-47-44(67-32(10)57)42(66-31(9)56)38(25(3)62-47)64-29(7)54)39(34(49)22-60-26(4)51)71-48-45(70-46(59)33-16-14-13-15-17-33)43(69-37(58)19-18-24(2)50)41(65-30(8)55)36(68-48)23-61-27(5)52/h13-17,25,34-36,38-45,47-48H,11-12,18-23H2,1-10H3/t25-,34+,35-,36+,38+,39+,40+,41-,42+,43-,44-,45+,47-,48-/m0/s1. The van der Waals surface area contributed by atoms with Gasteiger partial charge in [0.2, 0.25) is 0 Å². The van der Waals surface area contributed by atoms with Crippen LogP contribution in [0.2, 0.25) is 0 Å². The van der Waals surface area contributed by atoms with E-state index in [1.54, 1.807) is 23.1 Å². The number of piperidine rings is 1. The minimum absolute atomic E-state index is 0.00859. The number of Topliss-reactive ketones (excluding diaryl/α,β-unsaturated/α-hetero) is 1. The number of nitrogens with zero attached hydrogens (tertiary/aromatic N) is 1. The average Bonchev–Trinajstić information content (AvgIpc) is 3.28. The minimum Gasteiger partial charge on any atom is -0.464 e. The van der Waals surface area contributed by atoms with Gasteiger partial charge in [-0.2, -0.15) is 0 Å². The molecule has 0 saturated carbocycles. The highest BCUT2D eigenvalue weighted by molar-refractivity contribution is 5.89. The van der Waals surface area contributed by atoms with Gasteiger partial charge in [-0.1, -0.05) is 31.5 Å². The molecule has 1 aromatic carbocycles. The minimum atomic E-state index is -1.96. The molecule has 0 aliphatic carbocycles. The van der Waals surface area contributed by atoms with Gasteiger partial charge in [-0.25, -0.2) is 4.79 Å². The van der Waals surface area contributed by atoms with Crippen LogP contribution in [0.5, 0.6) is 0 Å². The molecule has 0 spiro atoms. The van der Waals surface area contributed by atoms with Crippen LogP contribution in [0.4, 0.5) is 0 Å². The number of benzene rings is 1. The maximum absolute atomic E-state index is 14.1. The summed E-state index contributed by atoms with van der Waals surface area (Å²) in [6.07, 6.45) is -20.6. The number of hydrogen-bond acceptors (Lipinski definition) is 24. The van der Waals surface area contributed by atoms with E-state index in [1.807, 2.05) is 6.92 Å². The summed E-state index contributed by atoms with van der Waals surface area (Å²) in [6.45, 7) is 11.2. The first-order valence-corrected chi connectivity index (χ1v) is 23.4. The first-order chi connectivity index (χ1) is 34.0. The molecule has 0 unspecified atom stereocenters. The van der Waals surface area contributed by atoms with E-state index in [1.165, 1.54) is 26.0 Å². The van der Waals surface area contributed by atoms with Crippen molar-refractivity contribution in [1.82, 2.24) is 4.90 Å². The van der Waals surface area contributed by atoms with Gasteiger partial charge in [0, 0.05) is 61.4 Å². The molecule has 14 atom stereocenters. The zero-order valence-electron chi connectivity index (χ0n) is 42.0. The molecule has 24 heteroatoms. The molecule has 3 aliphatic heterocycles. The fraction of sp³-hybridized carbons (Fsp3) is 0.667. The van der Waals surface area contributed by atoms with Crippen molar-refractivity contribution in [3.8, 4) is 0 Å². The van der Waals surface area contributed by atoms with E-state index < -0.39 is 159 Å². The van der Waals surface area contributed by atoms with Gasteiger partial charge in [-0.05, 0) is 38.9 Å². The Bertz CT molecular complexity index is 2080. The van der Waals surface area contributed by atoms with Crippen molar-refractivity contribution in [1.29, 1.82) is 0 Å². The van der Waals surface area contributed by atoms with Crippen LogP contribution in [0, 0.1) is 0 Å². The zero-order chi connectivity index (χ0) is 53.4. The molecule has 1 aromatic rings. The second kappa shape index (κ2) is 27.7. The SMILES string of the molecule is CCCCN1C[C@H](OC(C)=O)[C@@H](O[C@@H]2O[C@@H](C)[C@@H](OC(C)=O)[C@@H](OC(C)=O)[C@@H]2OC(C)=O)[C@H](O[C@@H]2O[C@H](COC(C)=O)[C@H](OC(C)=O)[C@H](OC(=O)CCC(C)=O)[C@H]2OC(=O)c2ccccc2)[C@H]1COC(C)=O. The average molecular weight is 1020 g/mol. The van der Waals surface area contributed by atoms with Gasteiger partial charge < -0.3 is 66.4 Å². The second-order valence-electron chi connectivity index (χ2n) is 17.3. The molecule has 4 rings (SSSR count). The lowest BCUT2D eigenvalue weighted by atomic mass is 9.91. The Morgan fingerprint density at radius 2 is 1.06 bits per heavy atom. The molecule has 0 aromatic heterocycles. The molecular formula is C48H65NO23. The van der Waals surface area contributed by atoms with E-state index in [0.717, 1.165) is 48.5 Å². The molecule has 0 radical (unpaired) electrons. The number of ether oxygens (including phenoxy) is 13. The van der Waals surface area contributed by atoms with Gasteiger partial charge >= 0.3 is 53.7 Å². The first-order valence-electron chi connectivity index (χ1n) is 23.4. The lowest BCUT2D eigenvalue weighted by molar-refractivity contribution is -0.356. The third-order valence-electron chi connectivity index (χ3n) is 11.3. The van der Waals surface area contributed by atoms with Crippen molar-refractivity contribution < 1.29 is 110 Å². The molecular weight excluding hydrogens is 959 g/mol. The first kappa shape index (κ1) is 58.5. The zero-order valence-corrected chi connectivity index (χ0v) is 42.0. The number of rotatable bonds is 22. The van der Waals surface area contributed by atoms with E-state index in [2.05, 4.69) is 0 Å². The number of ketones is 1. The summed E-state index contributed by atoms with van der Waals surface area (Å²) >= 11 is 0. The smallest absolute Gasteiger partial charge is 0.338 e. The summed E-state index contributed by atoms with van der Waals surface area (Å²) in [7, 11) is 0. The topological polar surface area (TPSA) is 294 Å². The second-order valence-corrected chi connectivity index (χ2v) is 17.3. The third-order valence-corrected chi connectivity index (χ3v) is 11.3. The number of unbranched alkanes of at least 4 members (excludes halogenated alkanes) is 1. The van der Waals surface area contributed by atoms with Crippen LogP contribution in [0.3, 0.4) is 0 Å². The van der Waals surface area contributed by atoms with Crippen LogP contribution in [0.1, 0.15) is 105 Å². The largest absolute Gasteiger partial charge is 0.464 e. The van der Waals surface area contributed by atoms with Crippen LogP contribution in [0.15, 0.2) is 30.3 Å². The Hall–Kier alpha value is -6.08. The summed E-state index contributed by atoms with van der Waals surface area (Å²) in [6, 6.07) is 6.44. The Labute approximate surface area is 416 Å². The van der Waals surface area contributed by atoms with E-state index >= 15 is 0 Å². The van der Waals surface area contributed by atoms with Gasteiger partial charge in [0.05, 0.1) is 24.1 Å². The van der Waals surface area contributed by atoms with Crippen molar-refractivity contribution >= 4 is 59.5 Å². The normalized spacial score (nSPS) is 29.2. The highest BCUT2D eigenvalue weighted by atomic mass is 16.8. The number of carbonyl (C=O) groups is 10. The van der Waals surface area contributed by atoms with E-state index in [0.29, 0.717) is 12.8 Å². The van der Waals surface area contributed by atoms with Crippen LogP contribution in [0.25, 0.3) is 0 Å². The van der Waals surface area contributed by atoms with Gasteiger partial charge in [0.15, 0.2) is 49.2 Å². The quantitative estimate of drug-likeness (QED) is 0.118. The molecule has 72 heavy (non-hydrogen) atoms. The van der Waals surface area contributed by atoms with Crippen LogP contribution in [-0.4, -0.2) is 176 Å². The molecule has 3 aliphatic rings.